The molecule has 0 spiro atoms. The van der Waals surface area contributed by atoms with E-state index in [2.05, 4.69) is 42.5 Å². The Kier molecular flexibility index (Phi) is 3.41. The zero-order chi connectivity index (χ0) is 11.5. The largest absolute Gasteiger partial charge is 0.340 e. The van der Waals surface area contributed by atoms with Crippen LogP contribution in [0.1, 0.15) is 28.4 Å². The zero-order valence-corrected chi connectivity index (χ0v) is 10.7. The highest BCUT2D eigenvalue weighted by Crippen LogP contribution is 2.27. The molecule has 1 unspecified atom stereocenters. The Balaban J connectivity index is 2.30. The molecule has 0 amide bonds. The molecule has 4 heteroatoms. The van der Waals surface area contributed by atoms with Crippen molar-refractivity contribution in [2.45, 2.75) is 19.9 Å². The second-order valence-corrected chi connectivity index (χ2v) is 5.22. The molecule has 0 fully saturated rings. The minimum atomic E-state index is 0.227. The Morgan fingerprint density at radius 2 is 2.31 bits per heavy atom. The average Bonchev–Trinajstić information content (AvgIpc) is 2.84. The number of nitrogens with zero attached hydrogens (tertiary/aromatic N) is 2. The average molecular weight is 235 g/mol. The lowest BCUT2D eigenvalue weighted by Gasteiger charge is -2.13. The van der Waals surface area contributed by atoms with Crippen LogP contribution >= 0.6 is 11.3 Å². The summed E-state index contributed by atoms with van der Waals surface area (Å²) in [5, 5.41) is 3.48. The Labute approximate surface area is 100 Å². The van der Waals surface area contributed by atoms with Gasteiger partial charge in [0.1, 0.15) is 0 Å². The molecule has 16 heavy (non-hydrogen) atoms. The van der Waals surface area contributed by atoms with Crippen LogP contribution in [0.25, 0.3) is 0 Å². The Morgan fingerprint density at radius 3 is 2.81 bits per heavy atom. The van der Waals surface area contributed by atoms with Crippen molar-refractivity contribution in [1.82, 2.24) is 14.9 Å². The van der Waals surface area contributed by atoms with Crippen molar-refractivity contribution in [3.8, 4) is 0 Å². The van der Waals surface area contributed by atoms with E-state index in [-0.39, 0.29) is 6.04 Å². The van der Waals surface area contributed by atoms with Crippen LogP contribution in [0.15, 0.2) is 24.7 Å². The molecule has 1 N–H and O–H groups in total. The van der Waals surface area contributed by atoms with Crippen molar-refractivity contribution in [2.24, 2.45) is 7.05 Å². The monoisotopic (exact) mass is 235 g/mol. The molecular weight excluding hydrogens is 218 g/mol. The molecule has 0 aliphatic rings. The number of imidazole rings is 1. The van der Waals surface area contributed by atoms with Crippen molar-refractivity contribution >= 4 is 11.3 Å². The molecular formula is C12H17N3S. The summed E-state index contributed by atoms with van der Waals surface area (Å²) in [6, 6.07) is 4.57. The second kappa shape index (κ2) is 4.80. The summed E-state index contributed by atoms with van der Waals surface area (Å²) in [7, 11) is 2.00. The van der Waals surface area contributed by atoms with E-state index in [1.54, 1.807) is 0 Å². The van der Waals surface area contributed by atoms with Crippen LogP contribution in [0.4, 0.5) is 0 Å². The molecule has 1 atom stereocenters. The van der Waals surface area contributed by atoms with Gasteiger partial charge in [-0.2, -0.15) is 0 Å². The van der Waals surface area contributed by atoms with E-state index in [9.17, 15) is 0 Å². The highest BCUT2D eigenvalue weighted by molar-refractivity contribution is 7.12. The summed E-state index contributed by atoms with van der Waals surface area (Å²) in [4.78, 5) is 7.10. The van der Waals surface area contributed by atoms with Crippen molar-refractivity contribution in [3.63, 3.8) is 0 Å². The van der Waals surface area contributed by atoms with Gasteiger partial charge in [-0.1, -0.05) is 6.92 Å². The fraction of sp³-hybridized carbons (Fsp3) is 0.417. The Bertz CT molecular complexity index is 418. The van der Waals surface area contributed by atoms with Crippen molar-refractivity contribution in [1.29, 1.82) is 0 Å². The van der Waals surface area contributed by atoms with Gasteiger partial charge >= 0.3 is 0 Å². The SMILES string of the molecule is CCNC(c1cn(C)cn1)c1ccc(C)s1. The number of hydrogen-bond acceptors (Lipinski definition) is 3. The second-order valence-electron chi connectivity index (χ2n) is 3.90. The molecule has 0 saturated carbocycles. The first kappa shape index (κ1) is 11.4. The smallest absolute Gasteiger partial charge is 0.0947 e. The summed E-state index contributed by atoms with van der Waals surface area (Å²) >= 11 is 1.83. The standard InChI is InChI=1S/C12H17N3S/c1-4-13-12(10-7-15(3)8-14-10)11-6-5-9(2)16-11/h5-8,12-13H,4H2,1-3H3. The van der Waals surface area contributed by atoms with Crippen molar-refractivity contribution < 1.29 is 0 Å². The summed E-state index contributed by atoms with van der Waals surface area (Å²) in [5.41, 5.74) is 1.09. The normalized spacial score (nSPS) is 12.9. The summed E-state index contributed by atoms with van der Waals surface area (Å²) in [6.07, 6.45) is 3.92. The first-order valence-electron chi connectivity index (χ1n) is 5.48. The fourth-order valence-corrected chi connectivity index (χ4v) is 2.71. The number of rotatable bonds is 4. The third-order valence-corrected chi connectivity index (χ3v) is 3.54. The lowest BCUT2D eigenvalue weighted by atomic mass is 10.2. The first-order valence-corrected chi connectivity index (χ1v) is 6.30. The van der Waals surface area contributed by atoms with E-state index in [1.807, 2.05) is 29.3 Å². The van der Waals surface area contributed by atoms with E-state index >= 15 is 0 Å². The summed E-state index contributed by atoms with van der Waals surface area (Å²) in [5.74, 6) is 0. The predicted molar refractivity (Wildman–Crippen MR) is 67.8 cm³/mol. The van der Waals surface area contributed by atoms with E-state index in [1.165, 1.54) is 9.75 Å². The van der Waals surface area contributed by atoms with Crippen LogP contribution in [0.3, 0.4) is 0 Å². The molecule has 0 aliphatic carbocycles. The van der Waals surface area contributed by atoms with Crippen LogP contribution in [0.5, 0.6) is 0 Å². The first-order chi connectivity index (χ1) is 7.70. The summed E-state index contributed by atoms with van der Waals surface area (Å²) < 4.78 is 1.99. The lowest BCUT2D eigenvalue weighted by molar-refractivity contribution is 0.626. The maximum Gasteiger partial charge on any atom is 0.0947 e. The minimum Gasteiger partial charge on any atom is -0.340 e. The third kappa shape index (κ3) is 2.33. The van der Waals surface area contributed by atoms with E-state index in [0.717, 1.165) is 12.2 Å². The summed E-state index contributed by atoms with van der Waals surface area (Å²) in [6.45, 7) is 5.20. The van der Waals surface area contributed by atoms with E-state index in [4.69, 9.17) is 0 Å². The third-order valence-electron chi connectivity index (χ3n) is 2.47. The number of aryl methyl sites for hydroxylation is 2. The van der Waals surface area contributed by atoms with Crippen LogP contribution in [0.2, 0.25) is 0 Å². The molecule has 0 radical (unpaired) electrons. The van der Waals surface area contributed by atoms with Crippen LogP contribution < -0.4 is 5.32 Å². The van der Waals surface area contributed by atoms with Gasteiger partial charge in [-0.15, -0.1) is 11.3 Å². The van der Waals surface area contributed by atoms with Crippen LogP contribution in [-0.2, 0) is 7.05 Å². The number of hydrogen-bond donors (Lipinski definition) is 1. The van der Waals surface area contributed by atoms with Gasteiger partial charge < -0.3 is 9.88 Å². The Hall–Kier alpha value is -1.13. The molecule has 0 aliphatic heterocycles. The Morgan fingerprint density at radius 1 is 1.50 bits per heavy atom. The molecule has 0 aromatic carbocycles. The number of thiophene rings is 1. The van der Waals surface area contributed by atoms with Crippen molar-refractivity contribution in [2.75, 3.05) is 6.54 Å². The molecule has 86 valence electrons. The molecule has 2 aromatic heterocycles. The fourth-order valence-electron chi connectivity index (χ4n) is 1.75. The molecule has 0 saturated heterocycles. The van der Waals surface area contributed by atoms with Gasteiger partial charge in [0.15, 0.2) is 0 Å². The van der Waals surface area contributed by atoms with Gasteiger partial charge in [0.05, 0.1) is 18.1 Å². The van der Waals surface area contributed by atoms with Gasteiger partial charge in [-0.25, -0.2) is 4.98 Å². The van der Waals surface area contributed by atoms with Gasteiger partial charge in [-0.05, 0) is 25.6 Å². The number of aromatic nitrogens is 2. The van der Waals surface area contributed by atoms with E-state index in [0.29, 0.717) is 0 Å². The maximum absolute atomic E-state index is 4.43. The van der Waals surface area contributed by atoms with Crippen LogP contribution in [-0.4, -0.2) is 16.1 Å². The number of nitrogens with one attached hydrogen (secondary N) is 1. The molecule has 2 heterocycles. The van der Waals surface area contributed by atoms with Gasteiger partial charge in [0.2, 0.25) is 0 Å². The highest BCUT2D eigenvalue weighted by atomic mass is 32.1. The van der Waals surface area contributed by atoms with Crippen LogP contribution in [0, 0.1) is 6.92 Å². The molecule has 0 bridgehead atoms. The molecule has 2 rings (SSSR count). The molecule has 3 nitrogen and oxygen atoms in total. The van der Waals surface area contributed by atoms with E-state index < -0.39 is 0 Å². The highest BCUT2D eigenvalue weighted by Gasteiger charge is 2.16. The predicted octanol–water partition coefficient (Wildman–Crippen LogP) is 2.49. The maximum atomic E-state index is 4.43. The lowest BCUT2D eigenvalue weighted by Crippen LogP contribution is -2.21. The zero-order valence-electron chi connectivity index (χ0n) is 9.90. The molecule has 2 aromatic rings. The van der Waals surface area contributed by atoms with Gasteiger partial charge in [0, 0.05) is 23.0 Å². The van der Waals surface area contributed by atoms with Gasteiger partial charge in [0.25, 0.3) is 0 Å². The van der Waals surface area contributed by atoms with Gasteiger partial charge in [-0.3, -0.25) is 0 Å². The minimum absolute atomic E-state index is 0.227. The van der Waals surface area contributed by atoms with Crippen molar-refractivity contribution in [3.05, 3.63) is 40.1 Å². The topological polar surface area (TPSA) is 29.9 Å². The quantitative estimate of drug-likeness (QED) is 0.882.